The van der Waals surface area contributed by atoms with Gasteiger partial charge < -0.3 is 10.2 Å². The predicted molar refractivity (Wildman–Crippen MR) is 115 cm³/mol. The predicted octanol–water partition coefficient (Wildman–Crippen LogP) is 3.76. The van der Waals surface area contributed by atoms with Gasteiger partial charge in [0.1, 0.15) is 11.5 Å². The second kappa shape index (κ2) is 8.83. The number of nitrogens with zero attached hydrogens (tertiary/aromatic N) is 4. The van der Waals surface area contributed by atoms with Crippen LogP contribution in [-0.4, -0.2) is 44.2 Å². The van der Waals surface area contributed by atoms with E-state index >= 15 is 0 Å². The Morgan fingerprint density at radius 2 is 2.13 bits per heavy atom. The Morgan fingerprint density at radius 1 is 1.29 bits per heavy atom. The maximum Gasteiger partial charge on any atom is 0.272 e. The monoisotopic (exact) mass is 423 g/mol. The molecular formula is C23H26FN5O2. The highest BCUT2D eigenvalue weighted by atomic mass is 19.1. The molecule has 4 rings (SSSR count). The van der Waals surface area contributed by atoms with Crippen molar-refractivity contribution in [3.63, 3.8) is 0 Å². The van der Waals surface area contributed by atoms with Gasteiger partial charge in [-0.2, -0.15) is 0 Å². The smallest absolute Gasteiger partial charge is 0.272 e. The lowest BCUT2D eigenvalue weighted by atomic mass is 9.93. The molecule has 8 heteroatoms. The first-order valence-corrected chi connectivity index (χ1v) is 10.6. The minimum atomic E-state index is -0.320. The van der Waals surface area contributed by atoms with Crippen LogP contribution in [-0.2, 0) is 4.79 Å². The molecule has 0 bridgehead atoms. The molecule has 1 fully saturated rings. The highest BCUT2D eigenvalue weighted by Crippen LogP contribution is 2.24. The highest BCUT2D eigenvalue weighted by molar-refractivity contribution is 5.94. The van der Waals surface area contributed by atoms with Crippen LogP contribution in [0, 0.1) is 25.6 Å². The van der Waals surface area contributed by atoms with Gasteiger partial charge in [0.2, 0.25) is 11.7 Å². The number of rotatable bonds is 5. The van der Waals surface area contributed by atoms with Crippen molar-refractivity contribution in [2.24, 2.45) is 5.92 Å². The number of fused-ring (bicyclic) bond motifs is 1. The number of anilines is 1. The summed E-state index contributed by atoms with van der Waals surface area (Å²) in [6.07, 6.45) is 6.42. The van der Waals surface area contributed by atoms with E-state index in [2.05, 4.69) is 15.3 Å². The third-order valence-corrected chi connectivity index (χ3v) is 5.83. The molecule has 1 atom stereocenters. The van der Waals surface area contributed by atoms with E-state index in [-0.39, 0.29) is 23.5 Å². The fourth-order valence-corrected chi connectivity index (χ4v) is 4.21. The topological polar surface area (TPSA) is 79.6 Å². The lowest BCUT2D eigenvalue weighted by Gasteiger charge is -2.32. The standard InChI is InChI=1S/C23H26FN5O2/c1-15-13-18(24)7-8-19(15)27-20(30)9-6-17-5-3-11-28(14-17)22(31)21-16(2)26-23-25-10-4-12-29(21)23/h4,7-8,10,12-13,17H,3,5-6,9,11,14H2,1-2H3,(H,27,30)/t17-/m0/s1. The van der Waals surface area contributed by atoms with E-state index in [1.54, 1.807) is 35.9 Å². The summed E-state index contributed by atoms with van der Waals surface area (Å²) in [5, 5.41) is 2.86. The van der Waals surface area contributed by atoms with Crippen LogP contribution in [0.15, 0.2) is 36.7 Å². The van der Waals surface area contributed by atoms with Crippen LogP contribution in [0.3, 0.4) is 0 Å². The maximum absolute atomic E-state index is 13.2. The number of nitrogens with one attached hydrogen (secondary N) is 1. The van der Waals surface area contributed by atoms with E-state index in [0.29, 0.717) is 54.3 Å². The van der Waals surface area contributed by atoms with Crippen LogP contribution in [0.2, 0.25) is 0 Å². The molecule has 1 saturated heterocycles. The van der Waals surface area contributed by atoms with Crippen molar-refractivity contribution in [3.05, 3.63) is 59.4 Å². The molecule has 0 unspecified atom stereocenters. The number of imidazole rings is 1. The fraction of sp³-hybridized carbons (Fsp3) is 0.391. The number of aryl methyl sites for hydroxylation is 2. The molecule has 2 aromatic heterocycles. The van der Waals surface area contributed by atoms with Crippen molar-refractivity contribution in [3.8, 4) is 0 Å². The summed E-state index contributed by atoms with van der Waals surface area (Å²) < 4.78 is 15.0. The molecule has 1 N–H and O–H groups in total. The van der Waals surface area contributed by atoms with Gasteiger partial charge in [0.05, 0.1) is 5.69 Å². The molecule has 3 heterocycles. The lowest BCUT2D eigenvalue weighted by Crippen LogP contribution is -2.40. The quantitative estimate of drug-likeness (QED) is 0.678. The summed E-state index contributed by atoms with van der Waals surface area (Å²) in [6, 6.07) is 6.10. The normalized spacial score (nSPS) is 16.5. The second-order valence-corrected chi connectivity index (χ2v) is 8.14. The largest absolute Gasteiger partial charge is 0.337 e. The number of amides is 2. The molecule has 1 aliphatic rings. The first-order valence-electron chi connectivity index (χ1n) is 10.6. The molecule has 0 saturated carbocycles. The third kappa shape index (κ3) is 4.57. The van der Waals surface area contributed by atoms with Gasteiger partial charge in [-0.15, -0.1) is 0 Å². The summed E-state index contributed by atoms with van der Waals surface area (Å²) in [5.41, 5.74) is 2.54. The number of aromatic nitrogens is 3. The van der Waals surface area contributed by atoms with Gasteiger partial charge in [0, 0.05) is 37.6 Å². The van der Waals surface area contributed by atoms with E-state index in [9.17, 15) is 14.0 Å². The first kappa shape index (κ1) is 21.0. The Bertz CT molecular complexity index is 1130. The number of carbonyl (C=O) groups is 2. The zero-order valence-corrected chi connectivity index (χ0v) is 17.8. The minimum absolute atomic E-state index is 0.0471. The van der Waals surface area contributed by atoms with Crippen molar-refractivity contribution in [1.82, 2.24) is 19.3 Å². The van der Waals surface area contributed by atoms with Crippen molar-refractivity contribution in [2.45, 2.75) is 39.5 Å². The molecule has 0 radical (unpaired) electrons. The Labute approximate surface area is 180 Å². The van der Waals surface area contributed by atoms with E-state index in [0.717, 1.165) is 12.8 Å². The van der Waals surface area contributed by atoms with Gasteiger partial charge in [-0.25, -0.2) is 14.4 Å². The maximum atomic E-state index is 13.2. The number of benzene rings is 1. The summed E-state index contributed by atoms with van der Waals surface area (Å²) >= 11 is 0. The van der Waals surface area contributed by atoms with Crippen molar-refractivity contribution < 1.29 is 14.0 Å². The number of halogens is 1. The number of piperidine rings is 1. The molecule has 0 spiro atoms. The van der Waals surface area contributed by atoms with Gasteiger partial charge in [0.25, 0.3) is 5.91 Å². The highest BCUT2D eigenvalue weighted by Gasteiger charge is 2.28. The average molecular weight is 423 g/mol. The van der Waals surface area contributed by atoms with Crippen LogP contribution in [0.4, 0.5) is 10.1 Å². The SMILES string of the molecule is Cc1cc(F)ccc1NC(=O)CC[C@@H]1CCCN(C(=O)c2c(C)nc3ncccn23)C1. The van der Waals surface area contributed by atoms with E-state index in [4.69, 9.17) is 0 Å². The summed E-state index contributed by atoms with van der Waals surface area (Å²) in [5.74, 6) is 0.315. The molecule has 1 aliphatic heterocycles. The van der Waals surface area contributed by atoms with Crippen LogP contribution in [0.25, 0.3) is 5.78 Å². The Balaban J connectivity index is 1.36. The minimum Gasteiger partial charge on any atom is -0.337 e. The molecule has 3 aromatic rings. The Kier molecular flexibility index (Phi) is 5.97. The van der Waals surface area contributed by atoms with Gasteiger partial charge >= 0.3 is 0 Å². The molecule has 0 aliphatic carbocycles. The Morgan fingerprint density at radius 3 is 2.94 bits per heavy atom. The van der Waals surface area contributed by atoms with Crippen LogP contribution in [0.1, 0.15) is 47.4 Å². The van der Waals surface area contributed by atoms with E-state index in [1.807, 2.05) is 11.8 Å². The molecule has 31 heavy (non-hydrogen) atoms. The molecular weight excluding hydrogens is 397 g/mol. The average Bonchev–Trinajstić information content (AvgIpc) is 3.09. The number of hydrogen-bond donors (Lipinski definition) is 1. The van der Waals surface area contributed by atoms with E-state index < -0.39 is 0 Å². The van der Waals surface area contributed by atoms with Gasteiger partial charge in [-0.3, -0.25) is 14.0 Å². The van der Waals surface area contributed by atoms with Crippen molar-refractivity contribution >= 4 is 23.3 Å². The third-order valence-electron chi connectivity index (χ3n) is 5.83. The summed E-state index contributed by atoms with van der Waals surface area (Å²) in [4.78, 5) is 36.1. The van der Waals surface area contributed by atoms with Gasteiger partial charge in [-0.1, -0.05) is 0 Å². The van der Waals surface area contributed by atoms with Crippen LogP contribution < -0.4 is 5.32 Å². The van der Waals surface area contributed by atoms with Crippen molar-refractivity contribution in [2.75, 3.05) is 18.4 Å². The molecule has 2 amide bonds. The summed E-state index contributed by atoms with van der Waals surface area (Å²) in [6.45, 7) is 4.91. The number of carbonyl (C=O) groups excluding carboxylic acids is 2. The van der Waals surface area contributed by atoms with Crippen LogP contribution >= 0.6 is 0 Å². The van der Waals surface area contributed by atoms with Gasteiger partial charge in [0.15, 0.2) is 0 Å². The number of hydrogen-bond acceptors (Lipinski definition) is 4. The summed E-state index contributed by atoms with van der Waals surface area (Å²) in [7, 11) is 0. The molecule has 7 nitrogen and oxygen atoms in total. The molecule has 162 valence electrons. The first-order chi connectivity index (χ1) is 14.9. The van der Waals surface area contributed by atoms with Gasteiger partial charge in [-0.05, 0) is 68.9 Å². The van der Waals surface area contributed by atoms with E-state index in [1.165, 1.54) is 12.1 Å². The second-order valence-electron chi connectivity index (χ2n) is 8.14. The van der Waals surface area contributed by atoms with Crippen molar-refractivity contribution in [1.29, 1.82) is 0 Å². The zero-order valence-electron chi connectivity index (χ0n) is 17.8. The molecule has 1 aromatic carbocycles. The fourth-order valence-electron chi connectivity index (χ4n) is 4.21. The zero-order chi connectivity index (χ0) is 22.0. The Hall–Kier alpha value is -3.29. The number of likely N-dealkylation sites (tertiary alicyclic amines) is 1. The van der Waals surface area contributed by atoms with Crippen LogP contribution in [0.5, 0.6) is 0 Å². The lowest BCUT2D eigenvalue weighted by molar-refractivity contribution is -0.116.